The van der Waals surface area contributed by atoms with Gasteiger partial charge in [-0.05, 0) is 32.0 Å². The first-order chi connectivity index (χ1) is 10.5. The van der Waals surface area contributed by atoms with Gasteiger partial charge in [-0.25, -0.2) is 0 Å². The molecule has 0 saturated heterocycles. The van der Waals surface area contributed by atoms with Gasteiger partial charge in [-0.2, -0.15) is 0 Å². The van der Waals surface area contributed by atoms with Crippen LogP contribution in [0.2, 0.25) is 0 Å². The van der Waals surface area contributed by atoms with Crippen molar-refractivity contribution in [2.75, 3.05) is 32.0 Å². The molecular formula is C15H20N2O5. The Kier molecular flexibility index (Phi) is 6.88. The number of ether oxygens (including phenoxy) is 2. The zero-order valence-electron chi connectivity index (χ0n) is 12.7. The number of esters is 2. The minimum absolute atomic E-state index is 0.193. The highest BCUT2D eigenvalue weighted by atomic mass is 16.5. The summed E-state index contributed by atoms with van der Waals surface area (Å²) in [5.74, 6) is -1.68. The van der Waals surface area contributed by atoms with Gasteiger partial charge in [0, 0.05) is 11.3 Å². The number of benzene rings is 1. The molecule has 1 rings (SSSR count). The van der Waals surface area contributed by atoms with E-state index in [-0.39, 0.29) is 31.9 Å². The fourth-order valence-corrected chi connectivity index (χ4v) is 1.78. The van der Waals surface area contributed by atoms with E-state index in [4.69, 9.17) is 15.2 Å². The fraction of sp³-hybridized carbons (Fsp3) is 0.400. The van der Waals surface area contributed by atoms with E-state index >= 15 is 0 Å². The Labute approximate surface area is 129 Å². The average Bonchev–Trinajstić information content (AvgIpc) is 2.46. The van der Waals surface area contributed by atoms with Crippen LogP contribution in [0.15, 0.2) is 24.3 Å². The van der Waals surface area contributed by atoms with E-state index < -0.39 is 17.8 Å². The molecule has 0 aliphatic heterocycles. The molecule has 1 aromatic rings. The van der Waals surface area contributed by atoms with Crippen molar-refractivity contribution in [3.63, 3.8) is 0 Å². The van der Waals surface area contributed by atoms with Gasteiger partial charge in [-0.1, -0.05) is 6.07 Å². The van der Waals surface area contributed by atoms with Crippen LogP contribution in [0.4, 0.5) is 5.69 Å². The second-order valence-electron chi connectivity index (χ2n) is 4.40. The molecule has 120 valence electrons. The first-order valence-corrected chi connectivity index (χ1v) is 6.94. The molecular weight excluding hydrogens is 288 g/mol. The number of nitrogens with zero attached hydrogens (tertiary/aromatic N) is 1. The first kappa shape index (κ1) is 17.5. The van der Waals surface area contributed by atoms with Crippen LogP contribution in [0, 0.1) is 0 Å². The van der Waals surface area contributed by atoms with Crippen LogP contribution in [0.5, 0.6) is 0 Å². The molecule has 0 aliphatic rings. The van der Waals surface area contributed by atoms with Crippen LogP contribution in [-0.2, 0) is 19.1 Å². The molecule has 22 heavy (non-hydrogen) atoms. The number of hydrogen-bond acceptors (Lipinski definition) is 6. The summed E-state index contributed by atoms with van der Waals surface area (Å²) in [5.41, 5.74) is 6.34. The zero-order valence-corrected chi connectivity index (χ0v) is 12.7. The predicted molar refractivity (Wildman–Crippen MR) is 80.0 cm³/mol. The molecule has 0 atom stereocenters. The lowest BCUT2D eigenvalue weighted by molar-refractivity contribution is -0.147. The Bertz CT molecular complexity index is 524. The van der Waals surface area contributed by atoms with E-state index in [9.17, 15) is 14.4 Å². The van der Waals surface area contributed by atoms with Gasteiger partial charge in [-0.15, -0.1) is 0 Å². The third kappa shape index (κ3) is 5.43. The van der Waals surface area contributed by atoms with Gasteiger partial charge < -0.3 is 20.1 Å². The van der Waals surface area contributed by atoms with Crippen molar-refractivity contribution >= 4 is 23.5 Å². The third-order valence-electron chi connectivity index (χ3n) is 2.67. The van der Waals surface area contributed by atoms with Crippen molar-refractivity contribution < 1.29 is 23.9 Å². The number of rotatable bonds is 7. The lowest BCUT2D eigenvalue weighted by atomic mass is 10.1. The van der Waals surface area contributed by atoms with Crippen molar-refractivity contribution in [2.45, 2.75) is 13.8 Å². The quantitative estimate of drug-likeness (QED) is 0.592. The van der Waals surface area contributed by atoms with Crippen LogP contribution in [0.25, 0.3) is 0 Å². The van der Waals surface area contributed by atoms with Crippen molar-refractivity contribution in [3.8, 4) is 0 Å². The Morgan fingerprint density at radius 3 is 2.05 bits per heavy atom. The lowest BCUT2D eigenvalue weighted by Crippen LogP contribution is -2.40. The van der Waals surface area contributed by atoms with E-state index in [1.54, 1.807) is 32.0 Å². The molecule has 1 aromatic carbocycles. The summed E-state index contributed by atoms with van der Waals surface area (Å²) >= 11 is 0. The third-order valence-corrected chi connectivity index (χ3v) is 2.67. The van der Waals surface area contributed by atoms with Gasteiger partial charge >= 0.3 is 11.9 Å². The van der Waals surface area contributed by atoms with E-state index in [0.29, 0.717) is 5.69 Å². The Hall–Kier alpha value is -2.57. The van der Waals surface area contributed by atoms with E-state index in [1.165, 1.54) is 6.07 Å². The van der Waals surface area contributed by atoms with Crippen molar-refractivity contribution in [2.24, 2.45) is 0 Å². The molecule has 0 saturated carbocycles. The lowest BCUT2D eigenvalue weighted by Gasteiger charge is -2.20. The van der Waals surface area contributed by atoms with Gasteiger partial charge in [0.05, 0.1) is 13.2 Å². The van der Waals surface area contributed by atoms with Crippen molar-refractivity contribution in [1.82, 2.24) is 4.90 Å². The molecule has 0 heterocycles. The molecule has 0 aliphatic carbocycles. The number of amides is 1. The largest absolute Gasteiger partial charge is 0.465 e. The van der Waals surface area contributed by atoms with Gasteiger partial charge in [0.25, 0.3) is 5.91 Å². The van der Waals surface area contributed by atoms with Crippen LogP contribution < -0.4 is 5.73 Å². The van der Waals surface area contributed by atoms with Gasteiger partial charge in [0.1, 0.15) is 13.1 Å². The number of nitrogens with two attached hydrogens (primary N) is 1. The number of anilines is 1. The van der Waals surface area contributed by atoms with Crippen LogP contribution in [0.1, 0.15) is 24.2 Å². The molecule has 0 spiro atoms. The highest BCUT2D eigenvalue weighted by molar-refractivity contribution is 5.98. The van der Waals surface area contributed by atoms with Gasteiger partial charge in [-0.3, -0.25) is 14.4 Å². The second kappa shape index (κ2) is 8.66. The van der Waals surface area contributed by atoms with E-state index in [2.05, 4.69) is 0 Å². The van der Waals surface area contributed by atoms with Gasteiger partial charge in [0.2, 0.25) is 0 Å². The predicted octanol–water partition coefficient (Wildman–Crippen LogP) is 0.837. The molecule has 0 unspecified atom stereocenters. The fourth-order valence-electron chi connectivity index (χ4n) is 1.78. The molecule has 0 radical (unpaired) electrons. The van der Waals surface area contributed by atoms with Crippen LogP contribution in [0.3, 0.4) is 0 Å². The molecule has 0 fully saturated rings. The molecule has 7 heteroatoms. The van der Waals surface area contributed by atoms with Crippen molar-refractivity contribution in [1.29, 1.82) is 0 Å². The summed E-state index contributed by atoms with van der Waals surface area (Å²) < 4.78 is 9.63. The number of carbonyl (C=O) groups is 3. The molecule has 0 aromatic heterocycles. The van der Waals surface area contributed by atoms with Crippen LogP contribution in [-0.4, -0.2) is 49.0 Å². The Balaban J connectivity index is 2.89. The van der Waals surface area contributed by atoms with Gasteiger partial charge in [0.15, 0.2) is 0 Å². The van der Waals surface area contributed by atoms with E-state index in [1.807, 2.05) is 0 Å². The SMILES string of the molecule is CCOC(=O)CN(CC(=O)OCC)C(=O)c1cccc(N)c1. The zero-order chi connectivity index (χ0) is 16.5. The summed E-state index contributed by atoms with van der Waals surface area (Å²) in [6, 6.07) is 6.29. The van der Waals surface area contributed by atoms with Crippen LogP contribution >= 0.6 is 0 Å². The maximum Gasteiger partial charge on any atom is 0.325 e. The Morgan fingerprint density at radius 2 is 1.59 bits per heavy atom. The van der Waals surface area contributed by atoms with E-state index in [0.717, 1.165) is 4.90 Å². The normalized spacial score (nSPS) is 9.91. The minimum atomic E-state index is -0.593. The minimum Gasteiger partial charge on any atom is -0.465 e. The highest BCUT2D eigenvalue weighted by Crippen LogP contribution is 2.10. The summed E-state index contributed by atoms with van der Waals surface area (Å²) in [6.45, 7) is 3.04. The average molecular weight is 308 g/mol. The second-order valence-corrected chi connectivity index (χ2v) is 4.40. The summed E-state index contributed by atoms with van der Waals surface area (Å²) in [4.78, 5) is 36.7. The smallest absolute Gasteiger partial charge is 0.325 e. The Morgan fingerprint density at radius 1 is 1.05 bits per heavy atom. The topological polar surface area (TPSA) is 98.9 Å². The maximum absolute atomic E-state index is 12.4. The molecule has 1 amide bonds. The molecule has 0 bridgehead atoms. The van der Waals surface area contributed by atoms with Crippen molar-refractivity contribution in [3.05, 3.63) is 29.8 Å². The molecule has 2 N–H and O–H groups in total. The number of hydrogen-bond donors (Lipinski definition) is 1. The highest BCUT2D eigenvalue weighted by Gasteiger charge is 2.22. The standard InChI is InChI=1S/C15H20N2O5/c1-3-21-13(18)9-17(10-14(19)22-4-2)15(20)11-6-5-7-12(16)8-11/h5-8H,3-4,9-10,16H2,1-2H3. The maximum atomic E-state index is 12.4. The monoisotopic (exact) mass is 308 g/mol. The number of carbonyl (C=O) groups excluding carboxylic acids is 3. The molecule has 7 nitrogen and oxygen atoms in total. The first-order valence-electron chi connectivity index (χ1n) is 6.94. The summed E-state index contributed by atoms with van der Waals surface area (Å²) in [5, 5.41) is 0. The summed E-state index contributed by atoms with van der Waals surface area (Å²) in [6.07, 6.45) is 0. The summed E-state index contributed by atoms with van der Waals surface area (Å²) in [7, 11) is 0. The number of nitrogen functional groups attached to an aromatic ring is 1.